The number of carboxylic acid groups (broad SMARTS) is 1. The Labute approximate surface area is 110 Å². The van der Waals surface area contributed by atoms with Crippen LogP contribution in [0.4, 0.5) is 4.79 Å². The fraction of sp³-hybridized carbons (Fsp3) is 0.846. The highest BCUT2D eigenvalue weighted by Crippen LogP contribution is 2.17. The topological polar surface area (TPSA) is 69.6 Å². The fourth-order valence-corrected chi connectivity index (χ4v) is 1.71. The van der Waals surface area contributed by atoms with Crippen molar-refractivity contribution in [1.82, 2.24) is 10.2 Å². The minimum absolute atomic E-state index is 0.0604. The quantitative estimate of drug-likeness (QED) is 0.768. The lowest BCUT2D eigenvalue weighted by Gasteiger charge is -2.34. The molecule has 0 aliphatic carbocycles. The van der Waals surface area contributed by atoms with E-state index in [9.17, 15) is 14.7 Å². The van der Waals surface area contributed by atoms with Crippen molar-refractivity contribution in [2.24, 2.45) is 5.92 Å². The van der Waals surface area contributed by atoms with E-state index in [1.54, 1.807) is 25.8 Å². The Bertz CT molecular complexity index is 299. The van der Waals surface area contributed by atoms with Gasteiger partial charge in [0, 0.05) is 13.1 Å². The largest absolute Gasteiger partial charge is 0.480 e. The van der Waals surface area contributed by atoms with Crippen molar-refractivity contribution < 1.29 is 14.7 Å². The second-order valence-electron chi connectivity index (χ2n) is 5.12. The maximum atomic E-state index is 12.1. The molecule has 106 valence electrons. The standard InChI is InChI=1S/C13H26N2O3/c1-7-13(8-2,11(16)17)14-12(18)15(6)10(5)9(3)4/h9-10H,7-8H2,1-6H3,(H,14,18)(H,16,17). The molecule has 0 spiro atoms. The summed E-state index contributed by atoms with van der Waals surface area (Å²) in [5.41, 5.74) is -1.16. The zero-order valence-corrected chi connectivity index (χ0v) is 12.3. The third-order valence-corrected chi connectivity index (χ3v) is 3.86. The van der Waals surface area contributed by atoms with Crippen LogP contribution < -0.4 is 5.32 Å². The number of aliphatic carboxylic acids is 1. The van der Waals surface area contributed by atoms with Gasteiger partial charge in [0.2, 0.25) is 0 Å². The van der Waals surface area contributed by atoms with Gasteiger partial charge in [-0.05, 0) is 25.7 Å². The van der Waals surface area contributed by atoms with E-state index in [1.807, 2.05) is 20.8 Å². The second-order valence-corrected chi connectivity index (χ2v) is 5.12. The number of nitrogens with one attached hydrogen (secondary N) is 1. The van der Waals surface area contributed by atoms with Crippen molar-refractivity contribution in [3.8, 4) is 0 Å². The summed E-state index contributed by atoms with van der Waals surface area (Å²) in [6.45, 7) is 9.54. The summed E-state index contributed by atoms with van der Waals surface area (Å²) in [4.78, 5) is 25.0. The van der Waals surface area contributed by atoms with Gasteiger partial charge in [0.1, 0.15) is 5.54 Å². The highest BCUT2D eigenvalue weighted by Gasteiger charge is 2.37. The summed E-state index contributed by atoms with van der Waals surface area (Å²) < 4.78 is 0. The number of hydrogen-bond acceptors (Lipinski definition) is 2. The average Bonchev–Trinajstić information content (AvgIpc) is 2.33. The van der Waals surface area contributed by atoms with Gasteiger partial charge in [-0.25, -0.2) is 9.59 Å². The first-order valence-corrected chi connectivity index (χ1v) is 6.50. The minimum Gasteiger partial charge on any atom is -0.480 e. The molecule has 0 aliphatic heterocycles. The van der Waals surface area contributed by atoms with Crippen LogP contribution in [-0.4, -0.2) is 40.6 Å². The molecule has 0 heterocycles. The molecule has 2 N–H and O–H groups in total. The highest BCUT2D eigenvalue weighted by molar-refractivity contribution is 5.86. The van der Waals surface area contributed by atoms with Gasteiger partial charge in [-0.1, -0.05) is 27.7 Å². The summed E-state index contributed by atoms with van der Waals surface area (Å²) >= 11 is 0. The lowest BCUT2D eigenvalue weighted by molar-refractivity contribution is -0.144. The second kappa shape index (κ2) is 6.61. The van der Waals surface area contributed by atoms with Gasteiger partial charge in [-0.2, -0.15) is 0 Å². The van der Waals surface area contributed by atoms with Crippen molar-refractivity contribution in [2.45, 2.75) is 59.0 Å². The van der Waals surface area contributed by atoms with Gasteiger partial charge in [0.15, 0.2) is 0 Å². The minimum atomic E-state index is -1.16. The molecule has 0 saturated carbocycles. The van der Waals surface area contributed by atoms with E-state index in [4.69, 9.17) is 0 Å². The van der Waals surface area contributed by atoms with Crippen molar-refractivity contribution in [1.29, 1.82) is 0 Å². The molecule has 5 heteroatoms. The zero-order valence-electron chi connectivity index (χ0n) is 12.3. The van der Waals surface area contributed by atoms with E-state index >= 15 is 0 Å². The van der Waals surface area contributed by atoms with Crippen molar-refractivity contribution in [2.75, 3.05) is 7.05 Å². The SMILES string of the molecule is CCC(CC)(NC(=O)N(C)C(C)C(C)C)C(=O)O. The van der Waals surface area contributed by atoms with E-state index in [1.165, 1.54) is 0 Å². The molecule has 18 heavy (non-hydrogen) atoms. The third kappa shape index (κ3) is 3.62. The molecule has 0 rings (SSSR count). The lowest BCUT2D eigenvalue weighted by Crippen LogP contribution is -2.58. The van der Waals surface area contributed by atoms with Crippen LogP contribution in [0, 0.1) is 5.92 Å². The van der Waals surface area contributed by atoms with E-state index in [-0.39, 0.29) is 12.1 Å². The molecule has 0 aromatic heterocycles. The van der Waals surface area contributed by atoms with Gasteiger partial charge in [-0.3, -0.25) is 0 Å². The fourth-order valence-electron chi connectivity index (χ4n) is 1.71. The van der Waals surface area contributed by atoms with E-state index in [0.29, 0.717) is 18.8 Å². The molecule has 1 unspecified atom stereocenters. The van der Waals surface area contributed by atoms with Crippen LogP contribution in [0.25, 0.3) is 0 Å². The predicted molar refractivity (Wildman–Crippen MR) is 71.5 cm³/mol. The van der Waals surface area contributed by atoms with Crippen molar-refractivity contribution >= 4 is 12.0 Å². The number of carboxylic acids is 1. The molecule has 0 radical (unpaired) electrons. The Morgan fingerprint density at radius 3 is 1.94 bits per heavy atom. The molecule has 5 nitrogen and oxygen atoms in total. The third-order valence-electron chi connectivity index (χ3n) is 3.86. The van der Waals surface area contributed by atoms with Crippen LogP contribution in [0.15, 0.2) is 0 Å². The van der Waals surface area contributed by atoms with Crippen molar-refractivity contribution in [3.63, 3.8) is 0 Å². The number of hydrogen-bond donors (Lipinski definition) is 2. The summed E-state index contributed by atoms with van der Waals surface area (Å²) in [5, 5.41) is 11.9. The molecular formula is C13H26N2O3. The molecule has 0 saturated heterocycles. The normalized spacial score (nSPS) is 13.3. The maximum Gasteiger partial charge on any atom is 0.329 e. The zero-order chi connectivity index (χ0) is 14.5. The van der Waals surface area contributed by atoms with Crippen LogP contribution in [0.1, 0.15) is 47.5 Å². The Balaban J connectivity index is 4.86. The summed E-state index contributed by atoms with van der Waals surface area (Å²) in [7, 11) is 1.69. The number of carbonyl (C=O) groups excluding carboxylic acids is 1. The Kier molecular flexibility index (Phi) is 6.15. The van der Waals surface area contributed by atoms with E-state index < -0.39 is 11.5 Å². The van der Waals surface area contributed by atoms with Gasteiger partial charge < -0.3 is 15.3 Å². The molecule has 2 amide bonds. The monoisotopic (exact) mass is 258 g/mol. The first-order chi connectivity index (χ1) is 8.21. The smallest absolute Gasteiger partial charge is 0.329 e. The van der Waals surface area contributed by atoms with Crippen LogP contribution in [0.2, 0.25) is 0 Å². The van der Waals surface area contributed by atoms with Crippen LogP contribution in [-0.2, 0) is 4.79 Å². The van der Waals surface area contributed by atoms with Gasteiger partial charge in [-0.15, -0.1) is 0 Å². The highest BCUT2D eigenvalue weighted by atomic mass is 16.4. The van der Waals surface area contributed by atoms with Crippen LogP contribution >= 0.6 is 0 Å². The van der Waals surface area contributed by atoms with Crippen molar-refractivity contribution in [3.05, 3.63) is 0 Å². The Hall–Kier alpha value is -1.26. The van der Waals surface area contributed by atoms with Gasteiger partial charge >= 0.3 is 12.0 Å². The lowest BCUT2D eigenvalue weighted by atomic mass is 9.93. The molecule has 0 aromatic carbocycles. The maximum absolute atomic E-state index is 12.1. The first-order valence-electron chi connectivity index (χ1n) is 6.50. The molecular weight excluding hydrogens is 232 g/mol. The molecule has 0 aromatic rings. The number of urea groups is 1. The number of nitrogens with zero attached hydrogens (tertiary/aromatic N) is 1. The van der Waals surface area contributed by atoms with Gasteiger partial charge in [0.25, 0.3) is 0 Å². The van der Waals surface area contributed by atoms with Crippen LogP contribution in [0.5, 0.6) is 0 Å². The van der Waals surface area contributed by atoms with E-state index in [2.05, 4.69) is 5.32 Å². The summed E-state index contributed by atoms with van der Waals surface area (Å²) in [5.74, 6) is -0.658. The molecule has 0 bridgehead atoms. The Morgan fingerprint density at radius 1 is 1.22 bits per heavy atom. The number of carbonyl (C=O) groups is 2. The number of rotatable bonds is 6. The summed E-state index contributed by atoms with van der Waals surface area (Å²) in [6, 6.07) is -0.271. The average molecular weight is 258 g/mol. The summed E-state index contributed by atoms with van der Waals surface area (Å²) in [6.07, 6.45) is 0.739. The molecule has 1 atom stereocenters. The predicted octanol–water partition coefficient (Wildman–Crippen LogP) is 2.32. The first kappa shape index (κ1) is 16.7. The molecule has 0 aliphatic rings. The van der Waals surface area contributed by atoms with Gasteiger partial charge in [0.05, 0.1) is 0 Å². The molecule has 0 fully saturated rings. The Morgan fingerprint density at radius 2 is 1.67 bits per heavy atom. The van der Waals surface area contributed by atoms with Crippen LogP contribution in [0.3, 0.4) is 0 Å². The number of amides is 2. The van der Waals surface area contributed by atoms with E-state index in [0.717, 1.165) is 0 Å².